The van der Waals surface area contributed by atoms with Gasteiger partial charge in [0, 0.05) is 17.7 Å². The van der Waals surface area contributed by atoms with E-state index < -0.39 is 0 Å². The van der Waals surface area contributed by atoms with Crippen LogP contribution < -0.4 is 5.32 Å². The number of aryl methyl sites for hydroxylation is 1. The Hall–Kier alpha value is -2.38. The number of benzene rings is 2. The molecule has 6 nitrogen and oxygen atoms in total. The van der Waals surface area contributed by atoms with E-state index >= 15 is 0 Å². The highest BCUT2D eigenvalue weighted by Crippen LogP contribution is 2.27. The van der Waals surface area contributed by atoms with E-state index in [4.69, 9.17) is 4.74 Å². The molecule has 0 bridgehead atoms. The Morgan fingerprint density at radius 3 is 2.93 bits per heavy atom. The molecule has 1 N–H and O–H groups in total. The number of nitrogens with one attached hydrogen (secondary N) is 1. The number of anilines is 1. The highest BCUT2D eigenvalue weighted by Gasteiger charge is 2.23. The summed E-state index contributed by atoms with van der Waals surface area (Å²) in [7, 11) is 0. The molecule has 2 aromatic carbocycles. The number of ether oxygens (including phenoxy) is 1. The van der Waals surface area contributed by atoms with E-state index in [1.165, 1.54) is 11.8 Å². The minimum absolute atomic E-state index is 0.0503. The van der Waals surface area contributed by atoms with Crippen LogP contribution in [0.2, 0.25) is 0 Å². The number of fused-ring (bicyclic) bond motifs is 1. The summed E-state index contributed by atoms with van der Waals surface area (Å²) >= 11 is 1.43. The molecule has 2 atom stereocenters. The standard InChI is InChI=1S/C21H24N4O2S/c1-14(20(26)22-19-11-5-8-16-7-3-4-10-18(16)19)28-21-24-23-15(2)25(21)13-17-9-6-12-27-17/h3-5,7-8,10-11,14,17H,6,9,12-13H2,1-2H3,(H,22,26)/t14-,17+/m0/s1. The fourth-order valence-electron chi connectivity index (χ4n) is 3.43. The largest absolute Gasteiger partial charge is 0.376 e. The van der Waals surface area contributed by atoms with Crippen LogP contribution in [0.3, 0.4) is 0 Å². The SMILES string of the molecule is Cc1nnc(S[C@@H](C)C(=O)Nc2cccc3ccccc23)n1C[C@H]1CCCO1. The molecular weight excluding hydrogens is 372 g/mol. The second kappa shape index (κ2) is 8.32. The van der Waals surface area contributed by atoms with E-state index in [-0.39, 0.29) is 17.3 Å². The maximum atomic E-state index is 12.8. The van der Waals surface area contributed by atoms with Crippen molar-refractivity contribution in [3.05, 3.63) is 48.3 Å². The molecule has 0 unspecified atom stereocenters. The van der Waals surface area contributed by atoms with Gasteiger partial charge in [0.1, 0.15) is 5.82 Å². The van der Waals surface area contributed by atoms with Crippen LogP contribution >= 0.6 is 11.8 Å². The van der Waals surface area contributed by atoms with E-state index in [0.29, 0.717) is 0 Å². The first-order chi connectivity index (χ1) is 13.6. The summed E-state index contributed by atoms with van der Waals surface area (Å²) in [6.45, 7) is 5.38. The second-order valence-corrected chi connectivity index (χ2v) is 8.36. The zero-order valence-electron chi connectivity index (χ0n) is 16.1. The smallest absolute Gasteiger partial charge is 0.237 e. The lowest BCUT2D eigenvalue weighted by molar-refractivity contribution is -0.115. The van der Waals surface area contributed by atoms with Crippen molar-refractivity contribution in [1.29, 1.82) is 0 Å². The van der Waals surface area contributed by atoms with Crippen molar-refractivity contribution in [3.8, 4) is 0 Å². The van der Waals surface area contributed by atoms with Crippen LogP contribution in [0.5, 0.6) is 0 Å². The summed E-state index contributed by atoms with van der Waals surface area (Å²) in [6, 6.07) is 14.0. The Labute approximate surface area is 168 Å². The number of thioether (sulfide) groups is 1. The predicted octanol–water partition coefficient (Wildman–Crippen LogP) is 4.04. The first-order valence-electron chi connectivity index (χ1n) is 9.58. The van der Waals surface area contributed by atoms with Crippen molar-refractivity contribution in [2.45, 2.75) is 49.7 Å². The van der Waals surface area contributed by atoms with Gasteiger partial charge in [-0.15, -0.1) is 10.2 Å². The molecule has 2 heterocycles. The zero-order chi connectivity index (χ0) is 19.5. The number of amides is 1. The third-order valence-corrected chi connectivity index (χ3v) is 6.09. The molecule has 1 aliphatic heterocycles. The van der Waals surface area contributed by atoms with Gasteiger partial charge in [-0.05, 0) is 38.1 Å². The molecule has 4 rings (SSSR count). The van der Waals surface area contributed by atoms with Gasteiger partial charge >= 0.3 is 0 Å². The third kappa shape index (κ3) is 4.05. The molecule has 1 fully saturated rings. The third-order valence-electron chi connectivity index (χ3n) is 5.01. The first kappa shape index (κ1) is 19.0. The molecule has 1 saturated heterocycles. The zero-order valence-corrected chi connectivity index (χ0v) is 16.9. The Morgan fingerprint density at radius 2 is 2.11 bits per heavy atom. The fraction of sp³-hybridized carbons (Fsp3) is 0.381. The molecule has 0 saturated carbocycles. The second-order valence-electron chi connectivity index (χ2n) is 7.05. The number of hydrogen-bond donors (Lipinski definition) is 1. The quantitative estimate of drug-likeness (QED) is 0.637. The van der Waals surface area contributed by atoms with Crippen molar-refractivity contribution in [2.75, 3.05) is 11.9 Å². The van der Waals surface area contributed by atoms with Gasteiger partial charge in [0.05, 0.1) is 17.9 Å². The lowest BCUT2D eigenvalue weighted by Crippen LogP contribution is -2.23. The summed E-state index contributed by atoms with van der Waals surface area (Å²) in [5.74, 6) is 0.797. The molecule has 146 valence electrons. The lowest BCUT2D eigenvalue weighted by atomic mass is 10.1. The summed E-state index contributed by atoms with van der Waals surface area (Å²) in [6.07, 6.45) is 2.35. The van der Waals surface area contributed by atoms with Crippen molar-refractivity contribution in [1.82, 2.24) is 14.8 Å². The van der Waals surface area contributed by atoms with E-state index in [2.05, 4.69) is 20.1 Å². The normalized spacial score (nSPS) is 17.7. The average molecular weight is 397 g/mol. The Morgan fingerprint density at radius 1 is 1.29 bits per heavy atom. The first-order valence-corrected chi connectivity index (χ1v) is 10.5. The highest BCUT2D eigenvalue weighted by molar-refractivity contribution is 8.00. The number of nitrogens with zero attached hydrogens (tertiary/aromatic N) is 3. The van der Waals surface area contributed by atoms with E-state index in [1.807, 2.05) is 56.3 Å². The van der Waals surface area contributed by atoms with Crippen molar-refractivity contribution in [3.63, 3.8) is 0 Å². The van der Waals surface area contributed by atoms with Crippen LogP contribution in [0.25, 0.3) is 10.8 Å². The molecule has 1 amide bonds. The fourth-order valence-corrected chi connectivity index (χ4v) is 4.34. The van der Waals surface area contributed by atoms with Gasteiger partial charge in [-0.25, -0.2) is 0 Å². The molecule has 0 spiro atoms. The van der Waals surface area contributed by atoms with Gasteiger partial charge in [0.2, 0.25) is 5.91 Å². The molecule has 0 aliphatic carbocycles. The van der Waals surface area contributed by atoms with Gasteiger partial charge in [0.15, 0.2) is 5.16 Å². The minimum Gasteiger partial charge on any atom is -0.376 e. The Bertz CT molecular complexity index is 976. The van der Waals surface area contributed by atoms with Crippen LogP contribution in [0.15, 0.2) is 47.6 Å². The monoisotopic (exact) mass is 396 g/mol. The number of aromatic nitrogens is 3. The summed E-state index contributed by atoms with van der Waals surface area (Å²) in [5.41, 5.74) is 0.826. The van der Waals surface area contributed by atoms with Crippen LogP contribution in [-0.2, 0) is 16.1 Å². The van der Waals surface area contributed by atoms with E-state index in [0.717, 1.165) is 53.4 Å². The molecule has 7 heteroatoms. The Kier molecular flexibility index (Phi) is 5.64. The molecule has 0 radical (unpaired) electrons. The summed E-state index contributed by atoms with van der Waals surface area (Å²) in [4.78, 5) is 12.8. The predicted molar refractivity (Wildman–Crippen MR) is 112 cm³/mol. The molecule has 28 heavy (non-hydrogen) atoms. The molecule has 3 aromatic rings. The van der Waals surface area contributed by atoms with Crippen LogP contribution in [0.4, 0.5) is 5.69 Å². The Balaban J connectivity index is 1.46. The number of rotatable bonds is 6. The van der Waals surface area contributed by atoms with Gasteiger partial charge in [0.25, 0.3) is 0 Å². The number of carbonyl (C=O) groups excluding carboxylic acids is 1. The highest BCUT2D eigenvalue weighted by atomic mass is 32.2. The van der Waals surface area contributed by atoms with Gasteiger partial charge in [-0.3, -0.25) is 4.79 Å². The summed E-state index contributed by atoms with van der Waals surface area (Å²) < 4.78 is 7.80. The van der Waals surface area contributed by atoms with E-state index in [9.17, 15) is 4.79 Å². The van der Waals surface area contributed by atoms with Crippen LogP contribution in [0, 0.1) is 6.92 Å². The van der Waals surface area contributed by atoms with Crippen molar-refractivity contribution >= 4 is 34.1 Å². The van der Waals surface area contributed by atoms with E-state index in [1.54, 1.807) is 0 Å². The number of carbonyl (C=O) groups is 1. The molecule has 1 aromatic heterocycles. The average Bonchev–Trinajstić information content (AvgIpc) is 3.34. The minimum atomic E-state index is -0.300. The van der Waals surface area contributed by atoms with Crippen LogP contribution in [0.1, 0.15) is 25.6 Å². The molecule has 1 aliphatic rings. The maximum absolute atomic E-state index is 12.8. The van der Waals surface area contributed by atoms with Gasteiger partial charge in [-0.1, -0.05) is 48.2 Å². The van der Waals surface area contributed by atoms with Crippen LogP contribution in [-0.4, -0.2) is 38.6 Å². The van der Waals surface area contributed by atoms with Crippen molar-refractivity contribution < 1.29 is 9.53 Å². The maximum Gasteiger partial charge on any atom is 0.237 e. The topological polar surface area (TPSA) is 69.0 Å². The number of hydrogen-bond acceptors (Lipinski definition) is 5. The van der Waals surface area contributed by atoms with Gasteiger partial charge in [-0.2, -0.15) is 0 Å². The van der Waals surface area contributed by atoms with Gasteiger partial charge < -0.3 is 14.6 Å². The molecular formula is C21H24N4O2S. The summed E-state index contributed by atoms with van der Waals surface area (Å²) in [5, 5.41) is 14.1. The van der Waals surface area contributed by atoms with Crippen molar-refractivity contribution in [2.24, 2.45) is 0 Å². The lowest BCUT2D eigenvalue weighted by Gasteiger charge is -2.16.